The molecule has 1 spiro atoms. The van der Waals surface area contributed by atoms with Gasteiger partial charge in [0.2, 0.25) is 0 Å². The maximum absolute atomic E-state index is 5.92. The number of rotatable bonds is 3. The van der Waals surface area contributed by atoms with Crippen molar-refractivity contribution in [1.29, 1.82) is 0 Å². The van der Waals surface area contributed by atoms with Crippen LogP contribution in [0.5, 0.6) is 0 Å². The second kappa shape index (κ2) is 3.00. The maximum Gasteiger partial charge on any atom is 0.0165 e. The van der Waals surface area contributed by atoms with Gasteiger partial charge < -0.3 is 10.6 Å². The molecular formula is C10H20N2. The molecule has 0 amide bonds. The van der Waals surface area contributed by atoms with Crippen molar-refractivity contribution in [3.63, 3.8) is 0 Å². The molecule has 1 aliphatic heterocycles. The summed E-state index contributed by atoms with van der Waals surface area (Å²) in [6.07, 6.45) is 5.50. The molecule has 1 atom stereocenters. The summed E-state index contributed by atoms with van der Waals surface area (Å²) in [5.74, 6) is 0. The van der Waals surface area contributed by atoms with Gasteiger partial charge in [-0.3, -0.25) is 0 Å². The van der Waals surface area contributed by atoms with Crippen molar-refractivity contribution in [3.8, 4) is 0 Å². The predicted molar refractivity (Wildman–Crippen MR) is 51.0 cm³/mol. The quantitative estimate of drug-likeness (QED) is 0.686. The molecule has 70 valence electrons. The normalized spacial score (nSPS) is 29.5. The van der Waals surface area contributed by atoms with Gasteiger partial charge in [-0.1, -0.05) is 6.92 Å². The average Bonchev–Trinajstić information content (AvgIpc) is 2.68. The standard InChI is InChI=1S/C10H20N2/c1-2-9(11)7-12-6-5-10(8-12)3-4-10/h9H,2-8,11H2,1H3/t9-/m1/s1. The van der Waals surface area contributed by atoms with Crippen LogP contribution in [0.1, 0.15) is 32.6 Å². The number of nitrogens with two attached hydrogens (primary N) is 1. The molecule has 0 aromatic carbocycles. The molecule has 0 aromatic rings. The highest BCUT2D eigenvalue weighted by Gasteiger charge is 2.47. The van der Waals surface area contributed by atoms with E-state index >= 15 is 0 Å². The Morgan fingerprint density at radius 1 is 1.42 bits per heavy atom. The van der Waals surface area contributed by atoms with Gasteiger partial charge in [-0.25, -0.2) is 0 Å². The van der Waals surface area contributed by atoms with Crippen molar-refractivity contribution in [1.82, 2.24) is 4.90 Å². The monoisotopic (exact) mass is 168 g/mol. The minimum Gasteiger partial charge on any atom is -0.327 e. The highest BCUT2D eigenvalue weighted by Crippen LogP contribution is 2.52. The minimum atomic E-state index is 0.402. The van der Waals surface area contributed by atoms with Crippen LogP contribution in [0.15, 0.2) is 0 Å². The minimum absolute atomic E-state index is 0.402. The van der Waals surface area contributed by atoms with E-state index in [1.165, 1.54) is 32.4 Å². The third-order valence-electron chi connectivity index (χ3n) is 3.49. The molecule has 2 nitrogen and oxygen atoms in total. The lowest BCUT2D eigenvalue weighted by Crippen LogP contribution is -2.35. The molecular weight excluding hydrogens is 148 g/mol. The van der Waals surface area contributed by atoms with Crippen LogP contribution in [0.2, 0.25) is 0 Å². The van der Waals surface area contributed by atoms with E-state index in [0.29, 0.717) is 6.04 Å². The molecule has 2 fully saturated rings. The lowest BCUT2D eigenvalue weighted by molar-refractivity contribution is 0.295. The van der Waals surface area contributed by atoms with Crippen LogP contribution < -0.4 is 5.73 Å². The summed E-state index contributed by atoms with van der Waals surface area (Å²) in [6.45, 7) is 5.93. The first-order valence-electron chi connectivity index (χ1n) is 5.22. The van der Waals surface area contributed by atoms with Crippen LogP contribution >= 0.6 is 0 Å². The molecule has 0 aromatic heterocycles. The summed E-state index contributed by atoms with van der Waals surface area (Å²) < 4.78 is 0. The Balaban J connectivity index is 1.76. The average molecular weight is 168 g/mol. The Kier molecular flexibility index (Phi) is 2.13. The highest BCUT2D eigenvalue weighted by molar-refractivity contribution is 5.00. The lowest BCUT2D eigenvalue weighted by atomic mass is 10.1. The van der Waals surface area contributed by atoms with Crippen LogP contribution in [-0.4, -0.2) is 30.6 Å². The smallest absolute Gasteiger partial charge is 0.0165 e. The maximum atomic E-state index is 5.92. The number of hydrogen-bond acceptors (Lipinski definition) is 2. The molecule has 0 radical (unpaired) electrons. The summed E-state index contributed by atoms with van der Waals surface area (Å²) in [4.78, 5) is 2.56. The Labute approximate surface area is 75.1 Å². The van der Waals surface area contributed by atoms with Gasteiger partial charge in [0.1, 0.15) is 0 Å². The molecule has 12 heavy (non-hydrogen) atoms. The summed E-state index contributed by atoms with van der Waals surface area (Å²) in [7, 11) is 0. The summed E-state index contributed by atoms with van der Waals surface area (Å²) >= 11 is 0. The van der Waals surface area contributed by atoms with Crippen molar-refractivity contribution < 1.29 is 0 Å². The summed E-state index contributed by atoms with van der Waals surface area (Å²) in [6, 6.07) is 0.402. The van der Waals surface area contributed by atoms with Crippen LogP contribution in [0.3, 0.4) is 0 Å². The fourth-order valence-corrected chi connectivity index (χ4v) is 2.23. The van der Waals surface area contributed by atoms with E-state index in [0.717, 1.165) is 18.4 Å². The van der Waals surface area contributed by atoms with E-state index in [4.69, 9.17) is 5.73 Å². The zero-order chi connectivity index (χ0) is 8.60. The molecule has 2 rings (SSSR count). The van der Waals surface area contributed by atoms with E-state index in [-0.39, 0.29) is 0 Å². The Hall–Kier alpha value is -0.0800. The number of hydrogen-bond donors (Lipinski definition) is 1. The van der Waals surface area contributed by atoms with Gasteiger partial charge in [0.15, 0.2) is 0 Å². The third-order valence-corrected chi connectivity index (χ3v) is 3.49. The second-order valence-electron chi connectivity index (χ2n) is 4.65. The highest BCUT2D eigenvalue weighted by atomic mass is 15.2. The fourth-order valence-electron chi connectivity index (χ4n) is 2.23. The molecule has 2 aliphatic rings. The summed E-state index contributed by atoms with van der Waals surface area (Å²) in [5.41, 5.74) is 6.69. The van der Waals surface area contributed by atoms with Crippen LogP contribution in [-0.2, 0) is 0 Å². The van der Waals surface area contributed by atoms with Gasteiger partial charge in [-0.2, -0.15) is 0 Å². The van der Waals surface area contributed by atoms with Crippen LogP contribution in [0.4, 0.5) is 0 Å². The van der Waals surface area contributed by atoms with Crippen molar-refractivity contribution in [3.05, 3.63) is 0 Å². The molecule has 1 aliphatic carbocycles. The third kappa shape index (κ3) is 1.64. The molecule has 2 N–H and O–H groups in total. The second-order valence-corrected chi connectivity index (χ2v) is 4.65. The molecule has 1 saturated heterocycles. The molecule has 0 bridgehead atoms. The topological polar surface area (TPSA) is 29.3 Å². The van der Waals surface area contributed by atoms with Crippen LogP contribution in [0.25, 0.3) is 0 Å². The first kappa shape index (κ1) is 8.52. The Morgan fingerprint density at radius 2 is 2.17 bits per heavy atom. The van der Waals surface area contributed by atoms with Crippen LogP contribution in [0, 0.1) is 5.41 Å². The molecule has 2 heteroatoms. The zero-order valence-corrected chi connectivity index (χ0v) is 8.05. The summed E-state index contributed by atoms with van der Waals surface area (Å²) in [5, 5.41) is 0. The zero-order valence-electron chi connectivity index (χ0n) is 8.05. The Morgan fingerprint density at radius 3 is 2.67 bits per heavy atom. The van der Waals surface area contributed by atoms with E-state index in [1.807, 2.05) is 0 Å². The van der Waals surface area contributed by atoms with Gasteiger partial charge in [0, 0.05) is 19.1 Å². The SMILES string of the molecule is CC[C@@H](N)CN1CCC2(CC2)C1. The largest absolute Gasteiger partial charge is 0.327 e. The van der Waals surface area contributed by atoms with Crippen molar-refractivity contribution in [2.24, 2.45) is 11.1 Å². The van der Waals surface area contributed by atoms with Gasteiger partial charge in [0.25, 0.3) is 0 Å². The van der Waals surface area contributed by atoms with Gasteiger partial charge in [0.05, 0.1) is 0 Å². The predicted octanol–water partition coefficient (Wildman–Crippen LogP) is 1.21. The van der Waals surface area contributed by atoms with Gasteiger partial charge in [-0.05, 0) is 37.6 Å². The molecule has 1 saturated carbocycles. The van der Waals surface area contributed by atoms with Crippen molar-refractivity contribution in [2.75, 3.05) is 19.6 Å². The number of likely N-dealkylation sites (tertiary alicyclic amines) is 1. The van der Waals surface area contributed by atoms with Crippen molar-refractivity contribution >= 4 is 0 Å². The Bertz CT molecular complexity index is 163. The first-order chi connectivity index (χ1) is 5.74. The van der Waals surface area contributed by atoms with Gasteiger partial charge >= 0.3 is 0 Å². The molecule has 1 heterocycles. The number of nitrogens with zero attached hydrogens (tertiary/aromatic N) is 1. The van der Waals surface area contributed by atoms with Crippen molar-refractivity contribution in [2.45, 2.75) is 38.6 Å². The molecule has 0 unspecified atom stereocenters. The first-order valence-corrected chi connectivity index (χ1v) is 5.22. The van der Waals surface area contributed by atoms with E-state index in [1.54, 1.807) is 0 Å². The van der Waals surface area contributed by atoms with E-state index in [9.17, 15) is 0 Å². The van der Waals surface area contributed by atoms with E-state index in [2.05, 4.69) is 11.8 Å². The lowest BCUT2D eigenvalue weighted by Gasteiger charge is -2.19. The fraction of sp³-hybridized carbons (Fsp3) is 1.00. The van der Waals surface area contributed by atoms with Gasteiger partial charge in [-0.15, -0.1) is 0 Å². The van der Waals surface area contributed by atoms with E-state index < -0.39 is 0 Å².